The van der Waals surface area contributed by atoms with E-state index < -0.39 is 0 Å². The second-order valence-electron chi connectivity index (χ2n) is 5.93. The third kappa shape index (κ3) is 2.95. The van der Waals surface area contributed by atoms with Crippen LogP contribution in [0.15, 0.2) is 36.7 Å². The zero-order valence-corrected chi connectivity index (χ0v) is 11.6. The summed E-state index contributed by atoms with van der Waals surface area (Å²) in [6.45, 7) is 4.45. The van der Waals surface area contributed by atoms with Gasteiger partial charge in [0.2, 0.25) is 0 Å². The minimum absolute atomic E-state index is 0.873. The van der Waals surface area contributed by atoms with Gasteiger partial charge in [-0.1, -0.05) is 37.6 Å². The number of benzene rings is 1. The molecule has 1 saturated carbocycles. The number of rotatable bonds is 4. The van der Waals surface area contributed by atoms with E-state index >= 15 is 0 Å². The molecule has 2 nitrogen and oxygen atoms in total. The van der Waals surface area contributed by atoms with E-state index in [0.717, 1.165) is 24.9 Å². The Balaban J connectivity index is 1.62. The second-order valence-corrected chi connectivity index (χ2v) is 5.93. The number of nitrogens with zero attached hydrogens (tertiary/aromatic N) is 1. The number of hydrogen-bond acceptors (Lipinski definition) is 2. The van der Waals surface area contributed by atoms with E-state index in [1.807, 2.05) is 12.4 Å². The van der Waals surface area contributed by atoms with Gasteiger partial charge in [0.05, 0.1) is 0 Å². The highest BCUT2D eigenvalue weighted by Crippen LogP contribution is 2.29. The Morgan fingerprint density at radius 1 is 1.21 bits per heavy atom. The molecule has 2 unspecified atom stereocenters. The number of aromatic nitrogens is 1. The molecule has 1 aromatic heterocycles. The Morgan fingerprint density at radius 3 is 2.95 bits per heavy atom. The average Bonchev–Trinajstić information content (AvgIpc) is 2.85. The Kier molecular flexibility index (Phi) is 3.79. The molecule has 19 heavy (non-hydrogen) atoms. The fourth-order valence-corrected chi connectivity index (χ4v) is 3.24. The summed E-state index contributed by atoms with van der Waals surface area (Å²) < 4.78 is 0. The molecule has 1 aliphatic rings. The summed E-state index contributed by atoms with van der Waals surface area (Å²) in [7, 11) is 0. The lowest BCUT2D eigenvalue weighted by Crippen LogP contribution is -2.21. The molecular formula is C17H22N2. The first kappa shape index (κ1) is 12.6. The highest BCUT2D eigenvalue weighted by Gasteiger charge is 2.20. The summed E-state index contributed by atoms with van der Waals surface area (Å²) in [6.07, 6.45) is 8.12. The van der Waals surface area contributed by atoms with Crippen molar-refractivity contribution in [2.24, 2.45) is 11.8 Å². The molecule has 0 radical (unpaired) electrons. The first-order valence-corrected chi connectivity index (χ1v) is 7.35. The highest BCUT2D eigenvalue weighted by molar-refractivity contribution is 5.84. The number of pyridine rings is 1. The van der Waals surface area contributed by atoms with Gasteiger partial charge < -0.3 is 5.32 Å². The summed E-state index contributed by atoms with van der Waals surface area (Å²) in [5.41, 5.74) is 1.31. The summed E-state index contributed by atoms with van der Waals surface area (Å²) in [5, 5.41) is 6.17. The van der Waals surface area contributed by atoms with Gasteiger partial charge in [0.1, 0.15) is 0 Å². The van der Waals surface area contributed by atoms with Gasteiger partial charge in [-0.25, -0.2) is 0 Å². The number of nitrogens with one attached hydrogen (secondary N) is 1. The summed E-state index contributed by atoms with van der Waals surface area (Å²) >= 11 is 0. The smallest absolute Gasteiger partial charge is 0.0346 e. The summed E-state index contributed by atoms with van der Waals surface area (Å²) in [5.74, 6) is 1.80. The molecule has 0 aliphatic heterocycles. The quantitative estimate of drug-likeness (QED) is 0.898. The van der Waals surface area contributed by atoms with Crippen LogP contribution in [0.3, 0.4) is 0 Å². The van der Waals surface area contributed by atoms with Crippen molar-refractivity contribution in [2.75, 3.05) is 6.54 Å². The molecule has 2 atom stereocenters. The molecule has 1 aliphatic carbocycles. The molecule has 3 rings (SSSR count). The molecule has 2 heteroatoms. The first-order chi connectivity index (χ1) is 9.33. The lowest BCUT2D eigenvalue weighted by atomic mass is 10.1. The molecule has 1 aromatic carbocycles. The van der Waals surface area contributed by atoms with E-state index in [9.17, 15) is 0 Å². The van der Waals surface area contributed by atoms with Gasteiger partial charge in [-0.05, 0) is 42.2 Å². The molecule has 2 aromatic rings. The molecule has 0 bridgehead atoms. The van der Waals surface area contributed by atoms with Gasteiger partial charge in [0.15, 0.2) is 0 Å². The van der Waals surface area contributed by atoms with Crippen LogP contribution >= 0.6 is 0 Å². The van der Waals surface area contributed by atoms with Crippen molar-refractivity contribution < 1.29 is 0 Å². The van der Waals surface area contributed by atoms with Crippen LogP contribution in [-0.2, 0) is 6.54 Å². The van der Waals surface area contributed by atoms with Crippen molar-refractivity contribution in [3.8, 4) is 0 Å². The summed E-state index contributed by atoms with van der Waals surface area (Å²) in [4.78, 5) is 4.34. The zero-order valence-electron chi connectivity index (χ0n) is 11.6. The van der Waals surface area contributed by atoms with Crippen LogP contribution in [0.1, 0.15) is 31.7 Å². The van der Waals surface area contributed by atoms with E-state index in [2.05, 4.69) is 41.5 Å². The number of fused-ring (bicyclic) bond motifs is 1. The second kappa shape index (κ2) is 5.70. The van der Waals surface area contributed by atoms with Gasteiger partial charge in [0.25, 0.3) is 0 Å². The standard InChI is InChI=1S/C17H22N2/c1-13-6-7-14(8-13)9-18-11-16-12-19-10-15-4-2-3-5-17(15)16/h2-5,10,12-14,18H,6-9,11H2,1H3. The van der Waals surface area contributed by atoms with E-state index in [0.29, 0.717) is 0 Å². The monoisotopic (exact) mass is 254 g/mol. The molecule has 1 fully saturated rings. The molecule has 0 amide bonds. The van der Waals surface area contributed by atoms with Crippen LogP contribution in [0.4, 0.5) is 0 Å². The van der Waals surface area contributed by atoms with Crippen molar-refractivity contribution in [2.45, 2.75) is 32.7 Å². The van der Waals surface area contributed by atoms with E-state index in [4.69, 9.17) is 0 Å². The van der Waals surface area contributed by atoms with E-state index in [-0.39, 0.29) is 0 Å². The van der Waals surface area contributed by atoms with Gasteiger partial charge in [-0.3, -0.25) is 4.98 Å². The van der Waals surface area contributed by atoms with Crippen LogP contribution in [0.2, 0.25) is 0 Å². The Bertz CT molecular complexity index is 544. The largest absolute Gasteiger partial charge is 0.312 e. The molecule has 0 saturated heterocycles. The predicted octanol–water partition coefficient (Wildman–Crippen LogP) is 3.76. The Hall–Kier alpha value is -1.41. The van der Waals surface area contributed by atoms with Gasteiger partial charge in [0, 0.05) is 24.3 Å². The SMILES string of the molecule is CC1CCC(CNCc2cncc3ccccc23)C1. The van der Waals surface area contributed by atoms with Crippen LogP contribution in [0, 0.1) is 11.8 Å². The maximum Gasteiger partial charge on any atom is 0.0346 e. The molecule has 1 N–H and O–H groups in total. The van der Waals surface area contributed by atoms with Crippen molar-refractivity contribution in [1.29, 1.82) is 0 Å². The van der Waals surface area contributed by atoms with E-state index in [1.54, 1.807) is 0 Å². The van der Waals surface area contributed by atoms with E-state index in [1.165, 1.54) is 35.6 Å². The van der Waals surface area contributed by atoms with Crippen LogP contribution < -0.4 is 5.32 Å². The lowest BCUT2D eigenvalue weighted by Gasteiger charge is -2.12. The van der Waals surface area contributed by atoms with Crippen molar-refractivity contribution in [1.82, 2.24) is 10.3 Å². The predicted molar refractivity (Wildman–Crippen MR) is 80.0 cm³/mol. The maximum atomic E-state index is 4.34. The van der Waals surface area contributed by atoms with Crippen molar-refractivity contribution in [3.63, 3.8) is 0 Å². The van der Waals surface area contributed by atoms with Crippen LogP contribution in [0.5, 0.6) is 0 Å². The normalized spacial score (nSPS) is 23.0. The third-order valence-corrected chi connectivity index (χ3v) is 4.30. The Morgan fingerprint density at radius 2 is 2.11 bits per heavy atom. The minimum atomic E-state index is 0.873. The fraction of sp³-hybridized carbons (Fsp3) is 0.471. The highest BCUT2D eigenvalue weighted by atomic mass is 14.9. The lowest BCUT2D eigenvalue weighted by molar-refractivity contribution is 0.471. The molecule has 100 valence electrons. The van der Waals surface area contributed by atoms with Gasteiger partial charge in [-0.15, -0.1) is 0 Å². The average molecular weight is 254 g/mol. The first-order valence-electron chi connectivity index (χ1n) is 7.35. The zero-order chi connectivity index (χ0) is 13.1. The van der Waals surface area contributed by atoms with Gasteiger partial charge in [-0.2, -0.15) is 0 Å². The summed E-state index contributed by atoms with van der Waals surface area (Å²) in [6, 6.07) is 8.49. The van der Waals surface area contributed by atoms with Gasteiger partial charge >= 0.3 is 0 Å². The molecule has 0 spiro atoms. The maximum absolute atomic E-state index is 4.34. The van der Waals surface area contributed by atoms with Crippen molar-refractivity contribution >= 4 is 10.8 Å². The Labute approximate surface area is 115 Å². The third-order valence-electron chi connectivity index (χ3n) is 4.30. The minimum Gasteiger partial charge on any atom is -0.312 e. The fourth-order valence-electron chi connectivity index (χ4n) is 3.24. The molecule has 1 heterocycles. The number of hydrogen-bond donors (Lipinski definition) is 1. The topological polar surface area (TPSA) is 24.9 Å². The molecular weight excluding hydrogens is 232 g/mol. The van der Waals surface area contributed by atoms with Crippen molar-refractivity contribution in [3.05, 3.63) is 42.2 Å². The van der Waals surface area contributed by atoms with Crippen LogP contribution in [0.25, 0.3) is 10.8 Å². The van der Waals surface area contributed by atoms with Crippen LogP contribution in [-0.4, -0.2) is 11.5 Å².